The number of likely N-dealkylation sites (N-methyl/N-ethyl adjacent to an activating group) is 1. The molecule has 4 rings (SSSR count). The minimum absolute atomic E-state index is 0.0964. The summed E-state index contributed by atoms with van der Waals surface area (Å²) in [6.07, 6.45) is 4.66. The first-order chi connectivity index (χ1) is 19.9. The fourth-order valence-electron chi connectivity index (χ4n) is 4.96. The fraction of sp³-hybridized carbons (Fsp3) is 0.485. The van der Waals surface area contributed by atoms with Crippen LogP contribution < -0.4 is 15.6 Å². The molecule has 0 unspecified atom stereocenters. The molecule has 3 aromatic rings. The molecule has 228 valence electrons. The third-order valence-electron chi connectivity index (χ3n) is 8.43. The summed E-state index contributed by atoms with van der Waals surface area (Å²) in [6.45, 7) is 13.2. The van der Waals surface area contributed by atoms with Gasteiger partial charge < -0.3 is 24.6 Å². The van der Waals surface area contributed by atoms with E-state index in [2.05, 4.69) is 61.3 Å². The van der Waals surface area contributed by atoms with Crippen molar-refractivity contribution in [2.45, 2.75) is 83.0 Å². The summed E-state index contributed by atoms with van der Waals surface area (Å²) in [5.41, 5.74) is 0.998. The van der Waals surface area contributed by atoms with Crippen molar-refractivity contribution in [3.8, 4) is 5.75 Å². The smallest absolute Gasteiger partial charge is 0.358 e. The molecule has 1 aromatic heterocycles. The normalized spacial score (nSPS) is 14.6. The number of H-pyrrole nitrogens is 1. The maximum absolute atomic E-state index is 12.7. The van der Waals surface area contributed by atoms with Crippen molar-refractivity contribution in [3.05, 3.63) is 93.7 Å². The molecule has 1 aliphatic carbocycles. The Bertz CT molecular complexity index is 1330. The van der Waals surface area contributed by atoms with Crippen LogP contribution in [0.15, 0.2) is 65.5 Å². The van der Waals surface area contributed by atoms with Gasteiger partial charge >= 0.3 is 5.97 Å². The first kappa shape index (κ1) is 33.2. The van der Waals surface area contributed by atoms with Crippen LogP contribution in [-0.4, -0.2) is 49.6 Å². The molecule has 9 heteroatoms. The maximum atomic E-state index is 12.7. The summed E-state index contributed by atoms with van der Waals surface area (Å²) in [5, 5.41) is 13.1. The zero-order chi connectivity index (χ0) is 30.8. The number of benzene rings is 2. The van der Waals surface area contributed by atoms with E-state index >= 15 is 0 Å². The predicted octanol–water partition coefficient (Wildman–Crippen LogP) is 6.33. The third kappa shape index (κ3) is 8.86. The van der Waals surface area contributed by atoms with Crippen LogP contribution in [0.3, 0.4) is 0 Å². The van der Waals surface area contributed by atoms with Gasteiger partial charge in [-0.05, 0) is 49.1 Å². The van der Waals surface area contributed by atoms with Gasteiger partial charge in [0, 0.05) is 25.0 Å². The van der Waals surface area contributed by atoms with Gasteiger partial charge in [0.2, 0.25) is 5.75 Å². The summed E-state index contributed by atoms with van der Waals surface area (Å²) < 4.78 is 11.5. The molecule has 0 saturated heterocycles. The molecular formula is C33H47N3O5Si. The number of carbonyl (C=O) groups is 1. The van der Waals surface area contributed by atoms with Gasteiger partial charge in [-0.1, -0.05) is 94.3 Å². The lowest BCUT2D eigenvalue weighted by Gasteiger charge is -2.36. The van der Waals surface area contributed by atoms with Crippen LogP contribution in [0.2, 0.25) is 18.1 Å². The minimum atomic E-state index is -1.48. The highest BCUT2D eigenvalue weighted by Crippen LogP contribution is 2.43. The standard InChI is InChI=1S/C24H24N2O4.C9H23NOSi/c27-22-21(30-16-17-9-3-1-4-10-17)20(23(28)29)25-19(26-22)15-24(13-7-8-14-24)18-11-5-2-6-12-18;1-9(2,3)12(5,6)11-8-7-10-4/h1-6,9-12H,7-8,13-16H2,(H,28,29)(H,25,26,27);10H,7-8H2,1-6H3. The monoisotopic (exact) mass is 593 g/mol. The molecule has 0 amide bonds. The molecule has 3 N–H and O–H groups in total. The van der Waals surface area contributed by atoms with E-state index in [1.807, 2.05) is 55.6 Å². The number of ether oxygens (including phenoxy) is 1. The quantitative estimate of drug-likeness (QED) is 0.176. The molecular weight excluding hydrogens is 546 g/mol. The van der Waals surface area contributed by atoms with Crippen LogP contribution in [0, 0.1) is 0 Å². The fourth-order valence-corrected chi connectivity index (χ4v) is 6.00. The maximum Gasteiger partial charge on any atom is 0.358 e. The van der Waals surface area contributed by atoms with Crippen molar-refractivity contribution < 1.29 is 19.1 Å². The SMILES string of the molecule is CNCCO[Si](C)(C)C(C)(C)C.O=C(O)c1nc(CC2(c3ccccc3)CCCC2)[nH]c(=O)c1OCc1ccccc1. The van der Waals surface area contributed by atoms with Gasteiger partial charge in [0.1, 0.15) is 12.4 Å². The highest BCUT2D eigenvalue weighted by Gasteiger charge is 2.37. The summed E-state index contributed by atoms with van der Waals surface area (Å²) in [4.78, 5) is 31.6. The lowest BCUT2D eigenvalue weighted by atomic mass is 9.76. The number of nitrogens with one attached hydrogen (secondary N) is 2. The topological polar surface area (TPSA) is 114 Å². The van der Waals surface area contributed by atoms with Gasteiger partial charge in [-0.3, -0.25) is 4.79 Å². The van der Waals surface area contributed by atoms with E-state index in [-0.39, 0.29) is 23.5 Å². The Kier molecular flexibility index (Phi) is 11.7. The van der Waals surface area contributed by atoms with Gasteiger partial charge in [-0.2, -0.15) is 0 Å². The molecule has 0 atom stereocenters. The van der Waals surface area contributed by atoms with Crippen molar-refractivity contribution in [1.29, 1.82) is 0 Å². The lowest BCUT2D eigenvalue weighted by molar-refractivity contribution is 0.0683. The summed E-state index contributed by atoms with van der Waals surface area (Å²) in [6, 6.07) is 19.5. The molecule has 0 bridgehead atoms. The molecule has 2 aromatic carbocycles. The second-order valence-corrected chi connectivity index (χ2v) is 17.3. The highest BCUT2D eigenvalue weighted by molar-refractivity contribution is 6.74. The lowest BCUT2D eigenvalue weighted by Crippen LogP contribution is -2.42. The highest BCUT2D eigenvalue weighted by atomic mass is 28.4. The first-order valence-electron chi connectivity index (χ1n) is 14.8. The number of rotatable bonds is 11. The molecule has 42 heavy (non-hydrogen) atoms. The van der Waals surface area contributed by atoms with E-state index in [1.54, 1.807) is 0 Å². The summed E-state index contributed by atoms with van der Waals surface area (Å²) in [7, 11) is 0.471. The van der Waals surface area contributed by atoms with Gasteiger partial charge in [0.15, 0.2) is 14.0 Å². The number of aromatic amines is 1. The van der Waals surface area contributed by atoms with Crippen LogP contribution in [0.5, 0.6) is 5.75 Å². The van der Waals surface area contributed by atoms with Crippen molar-refractivity contribution in [2.24, 2.45) is 0 Å². The molecule has 0 radical (unpaired) electrons. The second-order valence-electron chi connectivity index (χ2n) is 12.5. The average molecular weight is 594 g/mol. The van der Waals surface area contributed by atoms with Crippen LogP contribution in [0.1, 0.15) is 73.9 Å². The van der Waals surface area contributed by atoms with E-state index in [0.29, 0.717) is 17.3 Å². The van der Waals surface area contributed by atoms with Crippen LogP contribution in [-0.2, 0) is 22.9 Å². The van der Waals surface area contributed by atoms with Gasteiger partial charge in [-0.25, -0.2) is 9.78 Å². The van der Waals surface area contributed by atoms with Crippen molar-refractivity contribution >= 4 is 14.3 Å². The van der Waals surface area contributed by atoms with Crippen LogP contribution in [0.4, 0.5) is 0 Å². The molecule has 0 aliphatic heterocycles. The predicted molar refractivity (Wildman–Crippen MR) is 170 cm³/mol. The number of hydrogen-bond donors (Lipinski definition) is 3. The Morgan fingerprint density at radius 1 is 1.05 bits per heavy atom. The molecule has 1 fully saturated rings. The number of carboxylic acids is 1. The van der Waals surface area contributed by atoms with Crippen LogP contribution in [0.25, 0.3) is 0 Å². The molecule has 1 aliphatic rings. The zero-order valence-electron chi connectivity index (χ0n) is 26.0. The third-order valence-corrected chi connectivity index (χ3v) is 13.0. The van der Waals surface area contributed by atoms with Crippen molar-refractivity contribution in [3.63, 3.8) is 0 Å². The van der Waals surface area contributed by atoms with E-state index in [9.17, 15) is 14.7 Å². The average Bonchev–Trinajstić information content (AvgIpc) is 3.42. The van der Waals surface area contributed by atoms with Gasteiger partial charge in [-0.15, -0.1) is 0 Å². The summed E-state index contributed by atoms with van der Waals surface area (Å²) >= 11 is 0. The van der Waals surface area contributed by atoms with Crippen molar-refractivity contribution in [2.75, 3.05) is 20.2 Å². The van der Waals surface area contributed by atoms with Gasteiger partial charge in [0.25, 0.3) is 5.56 Å². The Morgan fingerprint density at radius 3 is 2.19 bits per heavy atom. The number of aromatic carboxylic acids is 1. The first-order valence-corrected chi connectivity index (χ1v) is 17.7. The van der Waals surface area contributed by atoms with E-state index in [1.165, 1.54) is 5.56 Å². The van der Waals surface area contributed by atoms with Crippen molar-refractivity contribution in [1.82, 2.24) is 15.3 Å². The summed E-state index contributed by atoms with van der Waals surface area (Å²) in [5.74, 6) is -1.14. The Labute approximate surface area is 251 Å². The Hall–Kier alpha value is -3.27. The van der Waals surface area contributed by atoms with Gasteiger partial charge in [0.05, 0.1) is 0 Å². The Morgan fingerprint density at radius 2 is 1.64 bits per heavy atom. The number of carboxylic acid groups (broad SMARTS) is 1. The largest absolute Gasteiger partial charge is 0.481 e. The zero-order valence-corrected chi connectivity index (χ0v) is 27.0. The molecule has 0 spiro atoms. The van der Waals surface area contributed by atoms with E-state index in [0.717, 1.165) is 44.4 Å². The second kappa shape index (κ2) is 14.8. The molecule has 1 heterocycles. The molecule has 8 nitrogen and oxygen atoms in total. The Balaban J connectivity index is 0.000000343. The van der Waals surface area contributed by atoms with E-state index in [4.69, 9.17) is 9.16 Å². The molecule has 1 saturated carbocycles. The number of aromatic nitrogens is 2. The number of hydrogen-bond acceptors (Lipinski definition) is 6. The van der Waals surface area contributed by atoms with Crippen LogP contribution >= 0.6 is 0 Å². The minimum Gasteiger partial charge on any atom is -0.481 e. The number of nitrogens with zero attached hydrogens (tertiary/aromatic N) is 1. The van der Waals surface area contributed by atoms with E-state index < -0.39 is 19.8 Å².